The minimum atomic E-state index is -3.86. The molecular formula is C23H21ClN4O4S. The molecule has 1 heterocycles. The second-order valence-electron chi connectivity index (χ2n) is 7.54. The van der Waals surface area contributed by atoms with Crippen LogP contribution in [-0.4, -0.2) is 30.5 Å². The maximum absolute atomic E-state index is 12.9. The molecule has 4 aromatic rings. The summed E-state index contributed by atoms with van der Waals surface area (Å²) in [7, 11) is -3.86. The summed E-state index contributed by atoms with van der Waals surface area (Å²) in [6, 6.07) is 17.8. The van der Waals surface area contributed by atoms with Crippen molar-refractivity contribution in [3.63, 3.8) is 0 Å². The van der Waals surface area contributed by atoms with E-state index in [0.29, 0.717) is 33.3 Å². The van der Waals surface area contributed by atoms with Crippen molar-refractivity contribution >= 4 is 56.0 Å². The molecule has 0 bridgehead atoms. The van der Waals surface area contributed by atoms with Gasteiger partial charge in [-0.3, -0.25) is 4.72 Å². The molecule has 1 aromatic heterocycles. The quantitative estimate of drug-likeness (QED) is 0.306. The maximum atomic E-state index is 12.9. The molecule has 10 heteroatoms. The second-order valence-corrected chi connectivity index (χ2v) is 9.66. The number of aromatic amines is 1. The molecule has 0 spiro atoms. The van der Waals surface area contributed by atoms with Gasteiger partial charge in [-0.05, 0) is 74.5 Å². The van der Waals surface area contributed by atoms with Gasteiger partial charge in [-0.25, -0.2) is 18.2 Å². The van der Waals surface area contributed by atoms with Crippen LogP contribution in [0.25, 0.3) is 11.0 Å². The second kappa shape index (κ2) is 9.13. The van der Waals surface area contributed by atoms with E-state index >= 15 is 0 Å². The maximum Gasteiger partial charge on any atom is 0.338 e. The molecule has 33 heavy (non-hydrogen) atoms. The van der Waals surface area contributed by atoms with Crippen molar-refractivity contribution in [1.82, 2.24) is 9.97 Å². The van der Waals surface area contributed by atoms with Gasteiger partial charge in [0.05, 0.1) is 27.6 Å². The Kier molecular flexibility index (Phi) is 6.26. The molecule has 3 N–H and O–H groups in total. The number of anilines is 3. The molecule has 3 aromatic carbocycles. The fraction of sp³-hybridized carbons (Fsp3) is 0.130. The molecule has 4 rings (SSSR count). The zero-order valence-corrected chi connectivity index (χ0v) is 19.4. The number of ether oxygens (including phenoxy) is 1. The number of nitrogens with one attached hydrogen (secondary N) is 3. The summed E-state index contributed by atoms with van der Waals surface area (Å²) >= 11 is 6.00. The molecule has 0 saturated carbocycles. The Labute approximate surface area is 196 Å². The van der Waals surface area contributed by atoms with E-state index < -0.39 is 16.0 Å². The third-order valence-corrected chi connectivity index (χ3v) is 6.18. The van der Waals surface area contributed by atoms with E-state index in [4.69, 9.17) is 16.3 Å². The summed E-state index contributed by atoms with van der Waals surface area (Å²) < 4.78 is 33.4. The Morgan fingerprint density at radius 2 is 1.79 bits per heavy atom. The SMILES string of the molecule is CC(C)OC(=O)c1ccc(NS(=O)(=O)c2ccc3nc(Nc4cccc(Cl)c4)[nH]c3c2)cc1. The third-order valence-electron chi connectivity index (χ3n) is 4.57. The van der Waals surface area contributed by atoms with E-state index in [2.05, 4.69) is 20.0 Å². The van der Waals surface area contributed by atoms with Gasteiger partial charge in [-0.15, -0.1) is 0 Å². The number of imidazole rings is 1. The lowest BCUT2D eigenvalue weighted by molar-refractivity contribution is 0.0378. The Hall–Kier alpha value is -3.56. The molecule has 0 aliphatic heterocycles. The number of carbonyl (C=O) groups is 1. The summed E-state index contributed by atoms with van der Waals surface area (Å²) in [5, 5.41) is 3.69. The van der Waals surface area contributed by atoms with E-state index in [1.807, 2.05) is 12.1 Å². The number of aromatic nitrogens is 2. The van der Waals surface area contributed by atoms with Crippen molar-refractivity contribution in [1.29, 1.82) is 0 Å². The van der Waals surface area contributed by atoms with Crippen LogP contribution in [0.4, 0.5) is 17.3 Å². The first-order valence-corrected chi connectivity index (χ1v) is 11.9. The Morgan fingerprint density at radius 3 is 2.48 bits per heavy atom. The highest BCUT2D eigenvalue weighted by Crippen LogP contribution is 2.24. The van der Waals surface area contributed by atoms with Crippen LogP contribution < -0.4 is 10.0 Å². The van der Waals surface area contributed by atoms with Crippen LogP contribution in [0, 0.1) is 0 Å². The molecule has 0 radical (unpaired) electrons. The molecule has 170 valence electrons. The Bertz CT molecular complexity index is 1420. The first-order valence-electron chi connectivity index (χ1n) is 10.1. The number of benzene rings is 3. The normalized spacial score (nSPS) is 11.5. The predicted octanol–water partition coefficient (Wildman–Crippen LogP) is 5.33. The smallest absolute Gasteiger partial charge is 0.338 e. The molecule has 0 saturated heterocycles. The first-order chi connectivity index (χ1) is 15.7. The molecule has 0 fully saturated rings. The van der Waals surface area contributed by atoms with E-state index in [1.165, 1.54) is 36.4 Å². The molecule has 0 unspecified atom stereocenters. The lowest BCUT2D eigenvalue weighted by Gasteiger charge is -2.10. The van der Waals surface area contributed by atoms with Crippen LogP contribution in [-0.2, 0) is 14.8 Å². The van der Waals surface area contributed by atoms with Crippen molar-refractivity contribution < 1.29 is 17.9 Å². The van der Waals surface area contributed by atoms with Crippen LogP contribution in [0.3, 0.4) is 0 Å². The van der Waals surface area contributed by atoms with Crippen molar-refractivity contribution in [2.24, 2.45) is 0 Å². The van der Waals surface area contributed by atoms with Gasteiger partial charge in [0.1, 0.15) is 0 Å². The minimum Gasteiger partial charge on any atom is -0.459 e. The number of esters is 1. The van der Waals surface area contributed by atoms with Gasteiger partial charge in [-0.2, -0.15) is 0 Å². The highest BCUT2D eigenvalue weighted by Gasteiger charge is 2.17. The molecule has 8 nitrogen and oxygen atoms in total. The lowest BCUT2D eigenvalue weighted by Crippen LogP contribution is -2.14. The van der Waals surface area contributed by atoms with Gasteiger partial charge >= 0.3 is 5.97 Å². The van der Waals surface area contributed by atoms with Crippen molar-refractivity contribution in [3.05, 3.63) is 77.3 Å². The molecule has 0 aliphatic carbocycles. The number of hydrogen-bond acceptors (Lipinski definition) is 6. The number of halogens is 1. The van der Waals surface area contributed by atoms with Gasteiger partial charge in [-0.1, -0.05) is 17.7 Å². The number of carbonyl (C=O) groups excluding carboxylic acids is 1. The van der Waals surface area contributed by atoms with Gasteiger partial charge in [0.15, 0.2) is 0 Å². The van der Waals surface area contributed by atoms with E-state index in [0.717, 1.165) is 5.69 Å². The average molecular weight is 485 g/mol. The summed E-state index contributed by atoms with van der Waals surface area (Å²) in [5.74, 6) is -0.00932. The number of H-pyrrole nitrogens is 1. The summed E-state index contributed by atoms with van der Waals surface area (Å²) in [6.45, 7) is 3.51. The highest BCUT2D eigenvalue weighted by atomic mass is 35.5. The van der Waals surface area contributed by atoms with Crippen molar-refractivity contribution in [2.45, 2.75) is 24.8 Å². The summed E-state index contributed by atoms with van der Waals surface area (Å²) in [6.07, 6.45) is -0.241. The fourth-order valence-electron chi connectivity index (χ4n) is 3.09. The van der Waals surface area contributed by atoms with Crippen LogP contribution in [0.15, 0.2) is 71.6 Å². The highest BCUT2D eigenvalue weighted by molar-refractivity contribution is 7.92. The third kappa shape index (κ3) is 5.44. The Morgan fingerprint density at radius 1 is 1.03 bits per heavy atom. The molecular weight excluding hydrogens is 464 g/mol. The first kappa shape index (κ1) is 22.6. The van der Waals surface area contributed by atoms with Crippen LogP contribution in [0.5, 0.6) is 0 Å². The zero-order valence-electron chi connectivity index (χ0n) is 17.8. The van der Waals surface area contributed by atoms with Crippen LogP contribution in [0.2, 0.25) is 5.02 Å². The fourth-order valence-corrected chi connectivity index (χ4v) is 4.36. The number of hydrogen-bond donors (Lipinski definition) is 3. The van der Waals surface area contributed by atoms with Gasteiger partial charge < -0.3 is 15.0 Å². The van der Waals surface area contributed by atoms with E-state index in [1.54, 1.807) is 32.0 Å². The summed E-state index contributed by atoms with van der Waals surface area (Å²) in [4.78, 5) is 19.5. The van der Waals surface area contributed by atoms with Gasteiger partial charge in [0, 0.05) is 16.4 Å². The van der Waals surface area contributed by atoms with Gasteiger partial charge in [0.25, 0.3) is 10.0 Å². The largest absolute Gasteiger partial charge is 0.459 e. The minimum absolute atomic E-state index is 0.0660. The topological polar surface area (TPSA) is 113 Å². The number of sulfonamides is 1. The molecule has 0 amide bonds. The van der Waals surface area contributed by atoms with Crippen molar-refractivity contribution in [3.8, 4) is 0 Å². The zero-order chi connectivity index (χ0) is 23.6. The number of fused-ring (bicyclic) bond motifs is 1. The van der Waals surface area contributed by atoms with E-state index in [-0.39, 0.29) is 11.0 Å². The van der Waals surface area contributed by atoms with Crippen LogP contribution >= 0.6 is 11.6 Å². The summed E-state index contributed by atoms with van der Waals surface area (Å²) in [5.41, 5.74) is 2.56. The number of rotatable bonds is 7. The standard InChI is InChI=1S/C23H21ClN4O4S/c1-14(2)32-22(29)15-6-8-17(9-7-15)28-33(30,31)19-10-11-20-21(13-19)27-23(26-20)25-18-5-3-4-16(24)12-18/h3-14,28H,1-2H3,(H2,25,26,27). The van der Waals surface area contributed by atoms with Gasteiger partial charge in [0.2, 0.25) is 5.95 Å². The monoisotopic (exact) mass is 484 g/mol. The van der Waals surface area contributed by atoms with E-state index in [9.17, 15) is 13.2 Å². The molecule has 0 atom stereocenters. The Balaban J connectivity index is 1.52. The van der Waals surface area contributed by atoms with Crippen molar-refractivity contribution in [2.75, 3.05) is 10.0 Å². The molecule has 0 aliphatic rings. The predicted molar refractivity (Wildman–Crippen MR) is 129 cm³/mol. The lowest BCUT2D eigenvalue weighted by atomic mass is 10.2. The van der Waals surface area contributed by atoms with Crippen LogP contribution in [0.1, 0.15) is 24.2 Å². The number of nitrogens with zero attached hydrogens (tertiary/aromatic N) is 1. The average Bonchev–Trinajstić information content (AvgIpc) is 3.15.